The molecular formula is C20H25F3N2O2. The topological polar surface area (TPSA) is 49.4 Å². The molecule has 2 amide bonds. The quantitative estimate of drug-likeness (QED) is 0.839. The first kappa shape index (κ1) is 19.7. The van der Waals surface area contributed by atoms with E-state index in [0.29, 0.717) is 31.4 Å². The number of nitrogens with zero attached hydrogens (tertiary/aromatic N) is 1. The molecule has 1 N–H and O–H groups in total. The van der Waals surface area contributed by atoms with Gasteiger partial charge in [-0.3, -0.25) is 9.59 Å². The molecule has 4 nitrogen and oxygen atoms in total. The highest BCUT2D eigenvalue weighted by Crippen LogP contribution is 2.32. The number of carbonyl (C=O) groups excluding carboxylic acids is 2. The summed E-state index contributed by atoms with van der Waals surface area (Å²) in [5.74, 6) is -0.161. The van der Waals surface area contributed by atoms with Crippen molar-refractivity contribution in [2.24, 2.45) is 11.8 Å². The minimum Gasteiger partial charge on any atom is -0.342 e. The molecule has 1 heterocycles. The lowest BCUT2D eigenvalue weighted by Gasteiger charge is -2.33. The largest absolute Gasteiger partial charge is 0.416 e. The Kier molecular flexibility index (Phi) is 6.07. The molecule has 148 valence electrons. The van der Waals surface area contributed by atoms with Gasteiger partial charge in [0.05, 0.1) is 5.56 Å². The molecule has 3 rings (SSSR count). The molecule has 1 aromatic carbocycles. The lowest BCUT2D eigenvalue weighted by molar-refractivity contribution is -0.139. The average Bonchev–Trinajstić information content (AvgIpc) is 2.68. The van der Waals surface area contributed by atoms with Crippen molar-refractivity contribution in [3.8, 4) is 0 Å². The van der Waals surface area contributed by atoms with E-state index in [9.17, 15) is 22.8 Å². The van der Waals surface area contributed by atoms with Gasteiger partial charge in [-0.1, -0.05) is 0 Å². The first-order chi connectivity index (χ1) is 12.8. The first-order valence-corrected chi connectivity index (χ1v) is 9.61. The van der Waals surface area contributed by atoms with Gasteiger partial charge in [0, 0.05) is 30.6 Å². The van der Waals surface area contributed by atoms with Crippen molar-refractivity contribution < 1.29 is 22.8 Å². The van der Waals surface area contributed by atoms with E-state index in [4.69, 9.17) is 0 Å². The molecule has 0 spiro atoms. The summed E-state index contributed by atoms with van der Waals surface area (Å²) < 4.78 is 37.8. The third-order valence-corrected chi connectivity index (χ3v) is 5.59. The Hall–Kier alpha value is -2.05. The van der Waals surface area contributed by atoms with E-state index >= 15 is 0 Å². The molecule has 1 aliphatic carbocycles. The van der Waals surface area contributed by atoms with Crippen molar-refractivity contribution in [1.82, 2.24) is 4.90 Å². The Morgan fingerprint density at radius 3 is 2.00 bits per heavy atom. The summed E-state index contributed by atoms with van der Waals surface area (Å²) in [7, 11) is 0. The molecule has 1 aliphatic heterocycles. The summed E-state index contributed by atoms with van der Waals surface area (Å²) in [4.78, 5) is 26.9. The Morgan fingerprint density at radius 2 is 1.44 bits per heavy atom. The van der Waals surface area contributed by atoms with Crippen molar-refractivity contribution in [2.45, 2.75) is 51.1 Å². The molecule has 2 fully saturated rings. The number of likely N-dealkylation sites (tertiary alicyclic amines) is 1. The molecule has 1 aromatic rings. The molecule has 1 saturated heterocycles. The van der Waals surface area contributed by atoms with Gasteiger partial charge in [0.2, 0.25) is 11.8 Å². The second kappa shape index (κ2) is 8.31. The fourth-order valence-corrected chi connectivity index (χ4v) is 3.96. The highest BCUT2D eigenvalue weighted by Gasteiger charge is 2.33. The third kappa shape index (κ3) is 5.02. The summed E-state index contributed by atoms with van der Waals surface area (Å²) >= 11 is 0. The number of amides is 2. The van der Waals surface area contributed by atoms with Gasteiger partial charge in [0.25, 0.3) is 0 Å². The van der Waals surface area contributed by atoms with Crippen LogP contribution in [0.15, 0.2) is 24.3 Å². The highest BCUT2D eigenvalue weighted by atomic mass is 19.4. The van der Waals surface area contributed by atoms with Crippen molar-refractivity contribution >= 4 is 17.5 Å². The molecule has 1 saturated carbocycles. The minimum atomic E-state index is -4.39. The summed E-state index contributed by atoms with van der Waals surface area (Å²) in [5, 5.41) is 2.70. The number of anilines is 1. The smallest absolute Gasteiger partial charge is 0.342 e. The number of piperidine rings is 1. The van der Waals surface area contributed by atoms with Crippen LogP contribution < -0.4 is 5.32 Å². The Morgan fingerprint density at radius 1 is 0.889 bits per heavy atom. The summed E-state index contributed by atoms with van der Waals surface area (Å²) in [6.45, 7) is 1.68. The van der Waals surface area contributed by atoms with Crippen LogP contribution in [0, 0.1) is 11.8 Å². The zero-order chi connectivity index (χ0) is 19.4. The van der Waals surface area contributed by atoms with Crippen LogP contribution >= 0.6 is 0 Å². The maximum Gasteiger partial charge on any atom is 0.416 e. The van der Waals surface area contributed by atoms with Crippen LogP contribution in [0.2, 0.25) is 0 Å². The predicted molar refractivity (Wildman–Crippen MR) is 96.0 cm³/mol. The van der Waals surface area contributed by atoms with Crippen molar-refractivity contribution in [2.75, 3.05) is 18.4 Å². The summed E-state index contributed by atoms with van der Waals surface area (Å²) in [5.41, 5.74) is -0.378. The summed E-state index contributed by atoms with van der Waals surface area (Å²) in [6.07, 6.45) is 1.59. The van der Waals surface area contributed by atoms with Crippen LogP contribution in [-0.4, -0.2) is 29.8 Å². The van der Waals surface area contributed by atoms with Gasteiger partial charge in [-0.15, -0.1) is 0 Å². The SMILES string of the molecule is O=C(Nc1ccc(C(F)(F)F)cc1)C1CCC(C(=O)N2CCCCC2)CC1. The standard InChI is InChI=1S/C20H25F3N2O2/c21-20(22,23)16-8-10-17(11-9-16)24-18(26)14-4-6-15(7-5-14)19(27)25-12-2-1-3-13-25/h8-11,14-15H,1-7,12-13H2,(H,24,26). The van der Waals surface area contributed by atoms with Crippen LogP contribution in [0.3, 0.4) is 0 Å². The Bertz CT molecular complexity index is 659. The van der Waals surface area contributed by atoms with Gasteiger partial charge in [-0.25, -0.2) is 0 Å². The van der Waals surface area contributed by atoms with E-state index < -0.39 is 11.7 Å². The number of rotatable bonds is 3. The second-order valence-electron chi connectivity index (χ2n) is 7.50. The number of hydrogen-bond donors (Lipinski definition) is 1. The van der Waals surface area contributed by atoms with E-state index in [1.54, 1.807) is 0 Å². The van der Waals surface area contributed by atoms with Crippen LogP contribution in [0.1, 0.15) is 50.5 Å². The van der Waals surface area contributed by atoms with Gasteiger partial charge in [-0.2, -0.15) is 13.2 Å². The van der Waals surface area contributed by atoms with Crippen LogP contribution in [0.4, 0.5) is 18.9 Å². The van der Waals surface area contributed by atoms with Gasteiger partial charge >= 0.3 is 6.18 Å². The monoisotopic (exact) mass is 382 g/mol. The van der Waals surface area contributed by atoms with E-state index in [1.165, 1.54) is 18.6 Å². The number of alkyl halides is 3. The minimum absolute atomic E-state index is 0.00165. The zero-order valence-electron chi connectivity index (χ0n) is 15.2. The van der Waals surface area contributed by atoms with Gasteiger partial charge in [0.1, 0.15) is 0 Å². The highest BCUT2D eigenvalue weighted by molar-refractivity contribution is 5.92. The van der Waals surface area contributed by atoms with E-state index in [-0.39, 0.29) is 23.7 Å². The maximum atomic E-state index is 12.6. The van der Waals surface area contributed by atoms with E-state index in [0.717, 1.165) is 38.1 Å². The van der Waals surface area contributed by atoms with Crippen molar-refractivity contribution in [1.29, 1.82) is 0 Å². The van der Waals surface area contributed by atoms with Gasteiger partial charge in [0.15, 0.2) is 0 Å². The van der Waals surface area contributed by atoms with Crippen molar-refractivity contribution in [3.05, 3.63) is 29.8 Å². The van der Waals surface area contributed by atoms with Crippen LogP contribution in [0.25, 0.3) is 0 Å². The number of halogens is 3. The fourth-order valence-electron chi connectivity index (χ4n) is 3.96. The van der Waals surface area contributed by atoms with Crippen LogP contribution in [-0.2, 0) is 15.8 Å². The molecule has 0 bridgehead atoms. The molecule has 0 atom stereocenters. The normalized spacial score (nSPS) is 23.7. The van der Waals surface area contributed by atoms with E-state index in [2.05, 4.69) is 5.32 Å². The number of nitrogens with one attached hydrogen (secondary N) is 1. The molecule has 27 heavy (non-hydrogen) atoms. The first-order valence-electron chi connectivity index (χ1n) is 9.61. The molecular weight excluding hydrogens is 357 g/mol. The maximum absolute atomic E-state index is 12.6. The van der Waals surface area contributed by atoms with Crippen molar-refractivity contribution in [3.63, 3.8) is 0 Å². The lowest BCUT2D eigenvalue weighted by Crippen LogP contribution is -2.41. The molecule has 7 heteroatoms. The molecule has 0 radical (unpaired) electrons. The van der Waals surface area contributed by atoms with Gasteiger partial charge in [-0.05, 0) is 69.2 Å². The third-order valence-electron chi connectivity index (χ3n) is 5.59. The number of hydrogen-bond acceptors (Lipinski definition) is 2. The molecule has 2 aliphatic rings. The molecule has 0 unspecified atom stereocenters. The zero-order valence-corrected chi connectivity index (χ0v) is 15.2. The van der Waals surface area contributed by atoms with Gasteiger partial charge < -0.3 is 10.2 Å². The van der Waals surface area contributed by atoms with Crippen LogP contribution in [0.5, 0.6) is 0 Å². The lowest BCUT2D eigenvalue weighted by atomic mass is 9.80. The number of benzene rings is 1. The molecule has 0 aromatic heterocycles. The average molecular weight is 382 g/mol. The Labute approximate surface area is 157 Å². The Balaban J connectivity index is 1.49. The van der Waals surface area contributed by atoms with E-state index in [1.807, 2.05) is 4.90 Å². The summed E-state index contributed by atoms with van der Waals surface area (Å²) in [6, 6.07) is 4.46. The fraction of sp³-hybridized carbons (Fsp3) is 0.600. The predicted octanol–water partition coefficient (Wildman–Crippen LogP) is 4.46. The second-order valence-corrected chi connectivity index (χ2v) is 7.50. The number of carbonyl (C=O) groups is 2.